The molecule has 1 N–H and O–H groups in total. The first-order valence-electron chi connectivity index (χ1n) is 7.48. The first kappa shape index (κ1) is 16.0. The van der Waals surface area contributed by atoms with Crippen molar-refractivity contribution in [2.24, 2.45) is 11.3 Å². The summed E-state index contributed by atoms with van der Waals surface area (Å²) in [6.45, 7) is 16.8. The fourth-order valence-electron chi connectivity index (χ4n) is 3.19. The van der Waals surface area contributed by atoms with E-state index < -0.39 is 0 Å². The summed E-state index contributed by atoms with van der Waals surface area (Å²) in [6, 6.07) is 0. The van der Waals surface area contributed by atoms with E-state index in [0.29, 0.717) is 17.6 Å². The van der Waals surface area contributed by atoms with E-state index in [1.165, 1.54) is 19.3 Å². The highest BCUT2D eigenvalue weighted by Crippen LogP contribution is 2.39. The Bertz CT molecular complexity index is 254. The molecular formula is C16H33NO. The highest BCUT2D eigenvalue weighted by Gasteiger charge is 2.33. The molecule has 0 radical (unpaired) electrons. The number of nitrogens with one attached hydrogen (secondary N) is 1. The van der Waals surface area contributed by atoms with Crippen LogP contribution in [0.25, 0.3) is 0 Å². The average molecular weight is 255 g/mol. The molecule has 0 saturated heterocycles. The van der Waals surface area contributed by atoms with Crippen molar-refractivity contribution in [3.05, 3.63) is 0 Å². The molecule has 108 valence electrons. The Balaban J connectivity index is 2.37. The van der Waals surface area contributed by atoms with Gasteiger partial charge in [0.15, 0.2) is 0 Å². The molecule has 3 unspecified atom stereocenters. The molecule has 2 nitrogen and oxygen atoms in total. The summed E-state index contributed by atoms with van der Waals surface area (Å²) in [4.78, 5) is 0. The summed E-state index contributed by atoms with van der Waals surface area (Å²) in [5, 5.41) is 3.52. The number of hydrogen-bond acceptors (Lipinski definition) is 2. The average Bonchev–Trinajstić information content (AvgIpc) is 2.09. The first-order valence-corrected chi connectivity index (χ1v) is 7.48. The third-order valence-electron chi connectivity index (χ3n) is 3.69. The summed E-state index contributed by atoms with van der Waals surface area (Å²) in [5.41, 5.74) is 0.621. The fourth-order valence-corrected chi connectivity index (χ4v) is 3.19. The third-order valence-corrected chi connectivity index (χ3v) is 3.69. The largest absolute Gasteiger partial charge is 0.374 e. The van der Waals surface area contributed by atoms with E-state index in [-0.39, 0.29) is 5.54 Å². The molecule has 0 aromatic heterocycles. The van der Waals surface area contributed by atoms with E-state index in [2.05, 4.69) is 53.8 Å². The highest BCUT2D eigenvalue weighted by atomic mass is 16.5. The highest BCUT2D eigenvalue weighted by molar-refractivity contribution is 4.84. The van der Waals surface area contributed by atoms with Crippen LogP contribution in [0, 0.1) is 11.3 Å². The van der Waals surface area contributed by atoms with Gasteiger partial charge in [-0.15, -0.1) is 0 Å². The summed E-state index contributed by atoms with van der Waals surface area (Å²) < 4.78 is 6.23. The van der Waals surface area contributed by atoms with Gasteiger partial charge in [0.1, 0.15) is 0 Å². The molecule has 0 aromatic carbocycles. The molecule has 0 spiro atoms. The van der Waals surface area contributed by atoms with Crippen molar-refractivity contribution >= 4 is 0 Å². The van der Waals surface area contributed by atoms with Gasteiger partial charge in [0.05, 0.1) is 12.2 Å². The molecule has 0 aliphatic heterocycles. The van der Waals surface area contributed by atoms with Crippen LogP contribution in [-0.4, -0.2) is 24.3 Å². The molecule has 18 heavy (non-hydrogen) atoms. The van der Waals surface area contributed by atoms with Crippen LogP contribution < -0.4 is 5.32 Å². The predicted octanol–water partition coefficient (Wildman–Crippen LogP) is 3.99. The third kappa shape index (κ3) is 6.19. The van der Waals surface area contributed by atoms with Crippen LogP contribution >= 0.6 is 0 Å². The Morgan fingerprint density at radius 1 is 1.28 bits per heavy atom. The Morgan fingerprint density at radius 3 is 2.39 bits per heavy atom. The zero-order valence-electron chi connectivity index (χ0n) is 13.5. The normalized spacial score (nSPS) is 30.2. The number of ether oxygens (including phenoxy) is 1. The first-order chi connectivity index (χ1) is 8.07. The Labute approximate surface area is 114 Å². The van der Waals surface area contributed by atoms with Crippen LogP contribution in [0.3, 0.4) is 0 Å². The van der Waals surface area contributed by atoms with Gasteiger partial charge in [-0.05, 0) is 58.3 Å². The van der Waals surface area contributed by atoms with Gasteiger partial charge >= 0.3 is 0 Å². The zero-order chi connectivity index (χ0) is 14.0. The molecule has 0 amide bonds. The minimum atomic E-state index is 0.177. The van der Waals surface area contributed by atoms with Gasteiger partial charge in [-0.25, -0.2) is 0 Å². The molecule has 0 aromatic rings. The van der Waals surface area contributed by atoms with E-state index in [4.69, 9.17) is 4.74 Å². The molecule has 2 heteroatoms. The van der Waals surface area contributed by atoms with Gasteiger partial charge in [-0.3, -0.25) is 0 Å². The molecule has 1 saturated carbocycles. The molecule has 3 atom stereocenters. The van der Waals surface area contributed by atoms with E-state index in [9.17, 15) is 0 Å². The van der Waals surface area contributed by atoms with Crippen molar-refractivity contribution in [3.63, 3.8) is 0 Å². The van der Waals surface area contributed by atoms with Crippen LogP contribution in [0.15, 0.2) is 0 Å². The molecular weight excluding hydrogens is 222 g/mol. The van der Waals surface area contributed by atoms with Crippen LogP contribution in [0.5, 0.6) is 0 Å². The predicted molar refractivity (Wildman–Crippen MR) is 78.9 cm³/mol. The maximum absolute atomic E-state index is 6.23. The van der Waals surface area contributed by atoms with Crippen molar-refractivity contribution in [3.8, 4) is 0 Å². The van der Waals surface area contributed by atoms with Gasteiger partial charge in [0.25, 0.3) is 0 Å². The Morgan fingerprint density at radius 2 is 1.89 bits per heavy atom. The van der Waals surface area contributed by atoms with Crippen LogP contribution in [-0.2, 0) is 4.74 Å². The van der Waals surface area contributed by atoms with Crippen molar-refractivity contribution in [1.82, 2.24) is 5.32 Å². The maximum atomic E-state index is 6.23. The summed E-state index contributed by atoms with van der Waals surface area (Å²) in [6.07, 6.45) is 4.51. The minimum absolute atomic E-state index is 0.177. The molecule has 1 aliphatic carbocycles. The molecule has 1 fully saturated rings. The van der Waals surface area contributed by atoms with E-state index in [1.54, 1.807) is 0 Å². The molecule has 0 bridgehead atoms. The number of rotatable bonds is 4. The van der Waals surface area contributed by atoms with Gasteiger partial charge in [0.2, 0.25) is 0 Å². The minimum Gasteiger partial charge on any atom is -0.374 e. The van der Waals surface area contributed by atoms with Gasteiger partial charge in [-0.1, -0.05) is 20.8 Å². The lowest BCUT2D eigenvalue weighted by Crippen LogP contribution is -2.43. The van der Waals surface area contributed by atoms with Gasteiger partial charge < -0.3 is 10.1 Å². The molecule has 1 aliphatic rings. The summed E-state index contributed by atoms with van der Waals surface area (Å²) in [7, 11) is 0. The lowest BCUT2D eigenvalue weighted by Gasteiger charge is -2.40. The quantitative estimate of drug-likeness (QED) is 0.820. The van der Waals surface area contributed by atoms with Gasteiger partial charge in [0, 0.05) is 12.1 Å². The second-order valence-corrected chi connectivity index (χ2v) is 8.11. The van der Waals surface area contributed by atoms with Crippen molar-refractivity contribution in [1.29, 1.82) is 0 Å². The van der Waals surface area contributed by atoms with Crippen LogP contribution in [0.4, 0.5) is 0 Å². The summed E-state index contributed by atoms with van der Waals surface area (Å²) >= 11 is 0. The number of hydrogen-bond donors (Lipinski definition) is 1. The maximum Gasteiger partial charge on any atom is 0.0675 e. The Kier molecular flexibility index (Phi) is 5.25. The topological polar surface area (TPSA) is 21.3 Å². The van der Waals surface area contributed by atoms with Crippen molar-refractivity contribution < 1.29 is 4.74 Å². The second-order valence-electron chi connectivity index (χ2n) is 8.11. The van der Waals surface area contributed by atoms with Crippen LogP contribution in [0.1, 0.15) is 67.7 Å². The molecule has 1 rings (SSSR count). The lowest BCUT2D eigenvalue weighted by atomic mass is 9.71. The fraction of sp³-hybridized carbons (Fsp3) is 1.00. The second kappa shape index (κ2) is 5.92. The van der Waals surface area contributed by atoms with Crippen molar-refractivity contribution in [2.75, 3.05) is 6.54 Å². The zero-order valence-corrected chi connectivity index (χ0v) is 13.5. The van der Waals surface area contributed by atoms with E-state index in [1.807, 2.05) is 0 Å². The smallest absolute Gasteiger partial charge is 0.0675 e. The standard InChI is InChI=1S/C16H33NO/c1-12-8-14(10-16(6,7)9-12)18-13(2)11-17-15(3,4)5/h12-14,17H,8-11H2,1-7H3. The van der Waals surface area contributed by atoms with E-state index >= 15 is 0 Å². The van der Waals surface area contributed by atoms with Crippen molar-refractivity contribution in [2.45, 2.75) is 85.5 Å². The van der Waals surface area contributed by atoms with Gasteiger partial charge in [-0.2, -0.15) is 0 Å². The molecule has 0 heterocycles. The summed E-state index contributed by atoms with van der Waals surface area (Å²) in [5.74, 6) is 0.793. The Hall–Kier alpha value is -0.0800. The van der Waals surface area contributed by atoms with E-state index in [0.717, 1.165) is 12.5 Å². The SMILES string of the molecule is CC1CC(OC(C)CNC(C)(C)C)CC(C)(C)C1. The van der Waals surface area contributed by atoms with Crippen LogP contribution in [0.2, 0.25) is 0 Å². The lowest BCUT2D eigenvalue weighted by molar-refractivity contribution is -0.0589. The monoisotopic (exact) mass is 255 g/mol.